The molecule has 0 aliphatic rings. The minimum absolute atomic E-state index is 0.216. The first-order valence-electron chi connectivity index (χ1n) is 5.10. The molecule has 4 heteroatoms. The number of ether oxygens (including phenoxy) is 2. The highest BCUT2D eigenvalue weighted by molar-refractivity contribution is 4.54. The van der Waals surface area contributed by atoms with E-state index in [4.69, 9.17) is 14.6 Å². The normalized spacial score (nSPS) is 13.5. The highest BCUT2D eigenvalue weighted by Crippen LogP contribution is 1.92. The Morgan fingerprint density at radius 2 is 1.93 bits per heavy atom. The van der Waals surface area contributed by atoms with Crippen molar-refractivity contribution < 1.29 is 14.6 Å². The summed E-state index contributed by atoms with van der Waals surface area (Å²) in [5.74, 6) is 0. The summed E-state index contributed by atoms with van der Waals surface area (Å²) in [4.78, 5) is 2.15. The maximum absolute atomic E-state index is 9.07. The van der Waals surface area contributed by atoms with E-state index in [0.717, 1.165) is 26.1 Å². The van der Waals surface area contributed by atoms with Crippen molar-refractivity contribution in [2.24, 2.45) is 0 Å². The summed E-state index contributed by atoms with van der Waals surface area (Å²) < 4.78 is 10.2. The lowest BCUT2D eigenvalue weighted by atomic mass is 10.3. The fourth-order valence-electron chi connectivity index (χ4n) is 0.984. The molecule has 1 N–H and O–H groups in total. The highest BCUT2D eigenvalue weighted by Gasteiger charge is 2.00. The van der Waals surface area contributed by atoms with Gasteiger partial charge in [0, 0.05) is 20.2 Å². The molecule has 0 aromatic heterocycles. The Labute approximate surface area is 86.8 Å². The van der Waals surface area contributed by atoms with Gasteiger partial charge in [-0.2, -0.15) is 0 Å². The number of rotatable bonds is 9. The van der Waals surface area contributed by atoms with Crippen molar-refractivity contribution in [1.82, 2.24) is 4.90 Å². The predicted molar refractivity (Wildman–Crippen MR) is 56.5 cm³/mol. The summed E-state index contributed by atoms with van der Waals surface area (Å²) >= 11 is 0. The molecule has 0 aromatic carbocycles. The molecule has 86 valence electrons. The molecule has 4 nitrogen and oxygen atoms in total. The molecule has 0 amide bonds. The Kier molecular flexibility index (Phi) is 9.29. The second-order valence-corrected chi connectivity index (χ2v) is 3.55. The van der Waals surface area contributed by atoms with Gasteiger partial charge in [-0.05, 0) is 20.4 Å². The van der Waals surface area contributed by atoms with Crippen LogP contribution in [0.5, 0.6) is 0 Å². The third-order valence-electron chi connectivity index (χ3n) is 1.98. The minimum Gasteiger partial charge on any atom is -0.393 e. The van der Waals surface area contributed by atoms with Gasteiger partial charge in [0.1, 0.15) is 0 Å². The lowest BCUT2D eigenvalue weighted by molar-refractivity contribution is 0.0586. The average molecular weight is 205 g/mol. The van der Waals surface area contributed by atoms with Crippen LogP contribution in [0.3, 0.4) is 0 Å². The van der Waals surface area contributed by atoms with Gasteiger partial charge >= 0.3 is 0 Å². The molecule has 1 unspecified atom stereocenters. The van der Waals surface area contributed by atoms with Gasteiger partial charge in [0.25, 0.3) is 0 Å². The SMILES string of the molecule is COCCOCCN(C)CCC(C)O. The zero-order valence-corrected chi connectivity index (χ0v) is 9.53. The molecule has 0 aliphatic carbocycles. The Hall–Kier alpha value is -0.160. The van der Waals surface area contributed by atoms with Crippen LogP contribution in [0, 0.1) is 0 Å². The van der Waals surface area contributed by atoms with Gasteiger partial charge in [0.15, 0.2) is 0 Å². The monoisotopic (exact) mass is 205 g/mol. The maximum Gasteiger partial charge on any atom is 0.0700 e. The Bertz CT molecular complexity index is 120. The van der Waals surface area contributed by atoms with E-state index in [9.17, 15) is 0 Å². The smallest absolute Gasteiger partial charge is 0.0700 e. The van der Waals surface area contributed by atoms with Crippen LogP contribution in [0.1, 0.15) is 13.3 Å². The number of nitrogens with zero attached hydrogens (tertiary/aromatic N) is 1. The van der Waals surface area contributed by atoms with E-state index in [1.807, 2.05) is 14.0 Å². The molecule has 0 fully saturated rings. The standard InChI is InChI=1S/C10H23NO3/c1-10(12)4-5-11(2)6-7-14-9-8-13-3/h10,12H,4-9H2,1-3H3. The highest BCUT2D eigenvalue weighted by atomic mass is 16.5. The lowest BCUT2D eigenvalue weighted by Crippen LogP contribution is -2.26. The van der Waals surface area contributed by atoms with Crippen LogP contribution in [-0.2, 0) is 9.47 Å². The van der Waals surface area contributed by atoms with Crippen molar-refractivity contribution in [2.45, 2.75) is 19.4 Å². The third kappa shape index (κ3) is 9.92. The number of aliphatic hydroxyl groups is 1. The van der Waals surface area contributed by atoms with Gasteiger partial charge in [-0.15, -0.1) is 0 Å². The van der Waals surface area contributed by atoms with Crippen LogP contribution in [0.25, 0.3) is 0 Å². The van der Waals surface area contributed by atoms with E-state index in [1.165, 1.54) is 0 Å². The van der Waals surface area contributed by atoms with Crippen molar-refractivity contribution >= 4 is 0 Å². The van der Waals surface area contributed by atoms with Gasteiger partial charge < -0.3 is 19.5 Å². The zero-order chi connectivity index (χ0) is 10.8. The Morgan fingerprint density at radius 3 is 2.50 bits per heavy atom. The second kappa shape index (κ2) is 9.40. The molecule has 0 spiro atoms. The molecule has 0 aliphatic heterocycles. The molecule has 0 aromatic rings. The summed E-state index contributed by atoms with van der Waals surface area (Å²) in [5, 5.41) is 9.07. The molecule has 0 saturated carbocycles. The molecule has 0 rings (SSSR count). The molecular weight excluding hydrogens is 182 g/mol. The summed E-state index contributed by atoms with van der Waals surface area (Å²) in [6, 6.07) is 0. The fraction of sp³-hybridized carbons (Fsp3) is 1.00. The van der Waals surface area contributed by atoms with E-state index in [0.29, 0.717) is 13.2 Å². The number of hydrogen-bond donors (Lipinski definition) is 1. The van der Waals surface area contributed by atoms with E-state index < -0.39 is 0 Å². The number of likely N-dealkylation sites (N-methyl/N-ethyl adjacent to an activating group) is 1. The van der Waals surface area contributed by atoms with Crippen molar-refractivity contribution in [3.63, 3.8) is 0 Å². The van der Waals surface area contributed by atoms with Crippen LogP contribution >= 0.6 is 0 Å². The molecule has 0 saturated heterocycles. The van der Waals surface area contributed by atoms with Gasteiger partial charge in [-0.25, -0.2) is 0 Å². The predicted octanol–water partition coefficient (Wildman–Crippen LogP) is 0.352. The first kappa shape index (κ1) is 13.8. The van der Waals surface area contributed by atoms with Crippen LogP contribution in [0.2, 0.25) is 0 Å². The first-order valence-corrected chi connectivity index (χ1v) is 5.10. The van der Waals surface area contributed by atoms with E-state index in [2.05, 4.69) is 4.90 Å². The number of hydrogen-bond acceptors (Lipinski definition) is 4. The van der Waals surface area contributed by atoms with Gasteiger partial charge in [0.2, 0.25) is 0 Å². The van der Waals surface area contributed by atoms with E-state index >= 15 is 0 Å². The van der Waals surface area contributed by atoms with Gasteiger partial charge in [-0.1, -0.05) is 0 Å². The second-order valence-electron chi connectivity index (χ2n) is 3.55. The molecule has 14 heavy (non-hydrogen) atoms. The van der Waals surface area contributed by atoms with E-state index in [1.54, 1.807) is 7.11 Å². The van der Waals surface area contributed by atoms with Crippen LogP contribution in [0.15, 0.2) is 0 Å². The number of aliphatic hydroxyl groups excluding tert-OH is 1. The Balaban J connectivity index is 3.14. The molecule has 0 bridgehead atoms. The van der Waals surface area contributed by atoms with Crippen LogP contribution in [-0.4, -0.2) is 63.2 Å². The van der Waals surface area contributed by atoms with Gasteiger partial charge in [-0.3, -0.25) is 0 Å². The quantitative estimate of drug-likeness (QED) is 0.552. The number of methoxy groups -OCH3 is 1. The van der Waals surface area contributed by atoms with Crippen molar-refractivity contribution in [2.75, 3.05) is 47.1 Å². The van der Waals surface area contributed by atoms with E-state index in [-0.39, 0.29) is 6.10 Å². The lowest BCUT2D eigenvalue weighted by Gasteiger charge is -2.17. The summed E-state index contributed by atoms with van der Waals surface area (Å²) in [6.07, 6.45) is 0.598. The largest absolute Gasteiger partial charge is 0.393 e. The first-order chi connectivity index (χ1) is 6.66. The summed E-state index contributed by atoms with van der Waals surface area (Å²) in [5.41, 5.74) is 0. The molecule has 1 atom stereocenters. The minimum atomic E-state index is -0.216. The van der Waals surface area contributed by atoms with Crippen molar-refractivity contribution in [3.8, 4) is 0 Å². The maximum atomic E-state index is 9.07. The Morgan fingerprint density at radius 1 is 1.21 bits per heavy atom. The topological polar surface area (TPSA) is 41.9 Å². The molecule has 0 heterocycles. The van der Waals surface area contributed by atoms with Crippen molar-refractivity contribution in [3.05, 3.63) is 0 Å². The van der Waals surface area contributed by atoms with Crippen LogP contribution in [0.4, 0.5) is 0 Å². The van der Waals surface area contributed by atoms with Crippen LogP contribution < -0.4 is 0 Å². The van der Waals surface area contributed by atoms with Crippen molar-refractivity contribution in [1.29, 1.82) is 0 Å². The summed E-state index contributed by atoms with van der Waals surface area (Å²) in [7, 11) is 3.69. The molecule has 0 radical (unpaired) electrons. The summed E-state index contributed by atoms with van der Waals surface area (Å²) in [6.45, 7) is 5.64. The average Bonchev–Trinajstić information content (AvgIpc) is 2.14. The third-order valence-corrected chi connectivity index (χ3v) is 1.98. The van der Waals surface area contributed by atoms with Gasteiger partial charge in [0.05, 0.1) is 25.9 Å². The fourth-order valence-corrected chi connectivity index (χ4v) is 0.984. The molecular formula is C10H23NO3. The zero-order valence-electron chi connectivity index (χ0n) is 9.53.